The fourth-order valence-corrected chi connectivity index (χ4v) is 6.26. The fourth-order valence-electron chi connectivity index (χ4n) is 6.26. The second kappa shape index (κ2) is 11.7. The van der Waals surface area contributed by atoms with Crippen molar-refractivity contribution in [1.29, 1.82) is 0 Å². The highest BCUT2D eigenvalue weighted by Crippen LogP contribution is 2.40. The van der Waals surface area contributed by atoms with Crippen molar-refractivity contribution in [3.63, 3.8) is 0 Å². The van der Waals surface area contributed by atoms with E-state index in [9.17, 15) is 9.59 Å². The number of likely N-dealkylation sites (tertiary alicyclic amines) is 1. The average molecular weight is 504 g/mol. The van der Waals surface area contributed by atoms with E-state index in [1.807, 2.05) is 6.07 Å². The molecule has 0 unspecified atom stereocenters. The maximum atomic E-state index is 13.7. The molecular formula is C31H41N3O3. The molecular weight excluding hydrogens is 462 g/mol. The average Bonchev–Trinajstić information content (AvgIpc) is 3.62. The molecule has 2 aromatic carbocycles. The van der Waals surface area contributed by atoms with Gasteiger partial charge in [0, 0.05) is 25.6 Å². The molecule has 1 aliphatic carbocycles. The van der Waals surface area contributed by atoms with Crippen LogP contribution >= 0.6 is 0 Å². The maximum absolute atomic E-state index is 13.7. The van der Waals surface area contributed by atoms with E-state index in [4.69, 9.17) is 4.74 Å². The molecule has 37 heavy (non-hydrogen) atoms. The van der Waals surface area contributed by atoms with Crippen LogP contribution in [0.5, 0.6) is 5.75 Å². The van der Waals surface area contributed by atoms with E-state index in [-0.39, 0.29) is 23.8 Å². The summed E-state index contributed by atoms with van der Waals surface area (Å²) in [5.41, 5.74) is 4.68. The lowest BCUT2D eigenvalue weighted by Crippen LogP contribution is -2.43. The van der Waals surface area contributed by atoms with E-state index in [1.54, 1.807) is 6.92 Å². The summed E-state index contributed by atoms with van der Waals surface area (Å²) in [4.78, 5) is 30.9. The van der Waals surface area contributed by atoms with Gasteiger partial charge in [0.05, 0.1) is 6.04 Å². The standard InChI is InChI=1S/C31H41N3O3/c1-22-8-7-11-26(20-22)29-28-21-27(37-23(2)30(35)32-15-19-33-16-5-6-17-33)13-12-24(28)14-18-34(29)31(36)25-9-3-4-10-25/h7-8,11-13,20-21,23,25,29H,3-6,9-10,14-19H2,1-2H3,(H,32,35)/t23-,29-/m0/s1. The Morgan fingerprint density at radius 2 is 1.81 bits per heavy atom. The van der Waals surface area contributed by atoms with Gasteiger partial charge in [0.2, 0.25) is 5.91 Å². The Balaban J connectivity index is 1.34. The van der Waals surface area contributed by atoms with Crippen LogP contribution in [0.4, 0.5) is 0 Å². The highest BCUT2D eigenvalue weighted by Gasteiger charge is 2.36. The third-order valence-corrected chi connectivity index (χ3v) is 8.30. The number of hydrogen-bond donors (Lipinski definition) is 1. The van der Waals surface area contributed by atoms with Crippen molar-refractivity contribution in [2.75, 3.05) is 32.7 Å². The zero-order valence-corrected chi connectivity index (χ0v) is 22.4. The van der Waals surface area contributed by atoms with Crippen molar-refractivity contribution >= 4 is 11.8 Å². The van der Waals surface area contributed by atoms with Crippen LogP contribution in [0.25, 0.3) is 0 Å². The zero-order chi connectivity index (χ0) is 25.8. The van der Waals surface area contributed by atoms with Crippen LogP contribution in [0.2, 0.25) is 0 Å². The van der Waals surface area contributed by atoms with Gasteiger partial charge in [0.15, 0.2) is 6.10 Å². The number of nitrogens with zero attached hydrogens (tertiary/aromatic N) is 2. The molecule has 2 aromatic rings. The van der Waals surface area contributed by atoms with Gasteiger partial charge in [-0.3, -0.25) is 9.59 Å². The van der Waals surface area contributed by atoms with Gasteiger partial charge in [-0.15, -0.1) is 0 Å². The smallest absolute Gasteiger partial charge is 0.260 e. The monoisotopic (exact) mass is 503 g/mol. The fraction of sp³-hybridized carbons (Fsp3) is 0.548. The molecule has 5 rings (SSSR count). The second-order valence-electron chi connectivity index (χ2n) is 11.0. The first-order valence-electron chi connectivity index (χ1n) is 14.2. The van der Waals surface area contributed by atoms with E-state index in [1.165, 1.54) is 24.0 Å². The molecule has 3 aliphatic rings. The van der Waals surface area contributed by atoms with Gasteiger partial charge < -0.3 is 19.9 Å². The predicted octanol–water partition coefficient (Wildman–Crippen LogP) is 4.64. The Bertz CT molecular complexity index is 1100. The van der Waals surface area contributed by atoms with Gasteiger partial charge >= 0.3 is 0 Å². The molecule has 0 spiro atoms. The molecule has 2 atom stereocenters. The molecule has 198 valence electrons. The number of nitrogens with one attached hydrogen (secondary N) is 1. The first kappa shape index (κ1) is 25.8. The Kier molecular flexibility index (Phi) is 8.14. The van der Waals surface area contributed by atoms with Crippen molar-refractivity contribution in [1.82, 2.24) is 15.1 Å². The molecule has 2 fully saturated rings. The summed E-state index contributed by atoms with van der Waals surface area (Å²) in [5, 5.41) is 3.03. The molecule has 2 heterocycles. The van der Waals surface area contributed by atoms with Crippen LogP contribution < -0.4 is 10.1 Å². The topological polar surface area (TPSA) is 61.9 Å². The molecule has 2 amide bonds. The van der Waals surface area contributed by atoms with Gasteiger partial charge in [0.1, 0.15) is 5.75 Å². The van der Waals surface area contributed by atoms with Crippen LogP contribution in [0.1, 0.15) is 73.7 Å². The molecule has 0 radical (unpaired) electrons. The largest absolute Gasteiger partial charge is 0.481 e. The minimum Gasteiger partial charge on any atom is -0.481 e. The van der Waals surface area contributed by atoms with Crippen molar-refractivity contribution < 1.29 is 14.3 Å². The van der Waals surface area contributed by atoms with E-state index < -0.39 is 6.10 Å². The van der Waals surface area contributed by atoms with Gasteiger partial charge in [-0.1, -0.05) is 48.7 Å². The Morgan fingerprint density at radius 1 is 1.03 bits per heavy atom. The highest BCUT2D eigenvalue weighted by molar-refractivity contribution is 5.81. The number of amides is 2. The lowest BCUT2D eigenvalue weighted by Gasteiger charge is -2.39. The van der Waals surface area contributed by atoms with E-state index in [2.05, 4.69) is 58.4 Å². The van der Waals surface area contributed by atoms with Gasteiger partial charge in [-0.25, -0.2) is 0 Å². The number of fused-ring (bicyclic) bond motifs is 1. The van der Waals surface area contributed by atoms with Crippen LogP contribution in [0.3, 0.4) is 0 Å². The normalized spacial score (nSPS) is 21.0. The minimum atomic E-state index is -0.589. The van der Waals surface area contributed by atoms with Crippen LogP contribution in [-0.4, -0.2) is 60.4 Å². The number of aryl methyl sites for hydroxylation is 1. The molecule has 1 saturated heterocycles. The van der Waals surface area contributed by atoms with Crippen molar-refractivity contribution in [2.24, 2.45) is 5.92 Å². The molecule has 6 nitrogen and oxygen atoms in total. The van der Waals surface area contributed by atoms with E-state index in [0.29, 0.717) is 12.3 Å². The number of carbonyl (C=O) groups is 2. The number of carbonyl (C=O) groups excluding carboxylic acids is 2. The minimum absolute atomic E-state index is 0.0924. The van der Waals surface area contributed by atoms with E-state index >= 15 is 0 Å². The zero-order valence-electron chi connectivity index (χ0n) is 22.4. The van der Waals surface area contributed by atoms with Crippen molar-refractivity contribution in [3.8, 4) is 5.75 Å². The third kappa shape index (κ3) is 6.01. The highest BCUT2D eigenvalue weighted by atomic mass is 16.5. The van der Waals surface area contributed by atoms with E-state index in [0.717, 1.165) is 69.4 Å². The van der Waals surface area contributed by atoms with Crippen LogP contribution in [0, 0.1) is 12.8 Å². The first-order chi connectivity index (χ1) is 18.0. The third-order valence-electron chi connectivity index (χ3n) is 8.30. The predicted molar refractivity (Wildman–Crippen MR) is 146 cm³/mol. The number of hydrogen-bond acceptors (Lipinski definition) is 4. The summed E-state index contributed by atoms with van der Waals surface area (Å²) in [5.74, 6) is 1.00. The lowest BCUT2D eigenvalue weighted by molar-refractivity contribution is -0.137. The lowest BCUT2D eigenvalue weighted by atomic mass is 9.86. The maximum Gasteiger partial charge on any atom is 0.260 e. The van der Waals surface area contributed by atoms with Crippen LogP contribution in [-0.2, 0) is 16.0 Å². The number of rotatable bonds is 8. The number of ether oxygens (including phenoxy) is 1. The first-order valence-corrected chi connectivity index (χ1v) is 14.2. The van der Waals surface area contributed by atoms with Crippen LogP contribution in [0.15, 0.2) is 42.5 Å². The number of benzene rings is 2. The Labute approximate surface area is 221 Å². The summed E-state index contributed by atoms with van der Waals surface area (Å²) in [7, 11) is 0. The van der Waals surface area contributed by atoms with Gasteiger partial charge in [-0.2, -0.15) is 0 Å². The molecule has 0 bridgehead atoms. The summed E-state index contributed by atoms with van der Waals surface area (Å²) >= 11 is 0. The molecule has 1 saturated carbocycles. The Morgan fingerprint density at radius 3 is 2.57 bits per heavy atom. The quantitative estimate of drug-likeness (QED) is 0.570. The molecule has 6 heteroatoms. The molecule has 2 aliphatic heterocycles. The SMILES string of the molecule is Cc1cccc([C@H]2c3cc(O[C@@H](C)C(=O)NCCN4CCCC4)ccc3CCN2C(=O)C2CCCC2)c1. The second-order valence-corrected chi connectivity index (χ2v) is 11.0. The Hall–Kier alpha value is -2.86. The summed E-state index contributed by atoms with van der Waals surface area (Å²) < 4.78 is 6.14. The summed E-state index contributed by atoms with van der Waals surface area (Å²) in [6, 6.07) is 14.5. The van der Waals surface area contributed by atoms with Gasteiger partial charge in [-0.05, 0) is 87.9 Å². The van der Waals surface area contributed by atoms with Crippen molar-refractivity contribution in [3.05, 3.63) is 64.7 Å². The molecule has 0 aromatic heterocycles. The summed E-state index contributed by atoms with van der Waals surface area (Å²) in [6.07, 6.45) is 7.03. The summed E-state index contributed by atoms with van der Waals surface area (Å²) in [6.45, 7) is 8.42. The van der Waals surface area contributed by atoms with Crippen molar-refractivity contribution in [2.45, 2.75) is 70.9 Å². The molecule has 1 N–H and O–H groups in total. The van der Waals surface area contributed by atoms with Gasteiger partial charge in [0.25, 0.3) is 5.91 Å².